The average molecular weight is 625 g/mol. The van der Waals surface area contributed by atoms with E-state index in [1.165, 1.54) is 5.56 Å². The SMILES string of the molecule is CCCC12CCCCc3ccc4c(c3)[C@H](CC(C)(C)O4)NC(=O)CCC3COCCC3N(C(=O)C1)C(NC(=O)OC(C)(C)C)=N2. The number of ether oxygens (including phenoxy) is 3. The number of nitrogens with one attached hydrogen (secondary N) is 2. The van der Waals surface area contributed by atoms with Crippen molar-refractivity contribution in [3.05, 3.63) is 29.3 Å². The van der Waals surface area contributed by atoms with E-state index in [4.69, 9.17) is 19.2 Å². The van der Waals surface area contributed by atoms with Crippen molar-refractivity contribution < 1.29 is 28.6 Å². The lowest BCUT2D eigenvalue weighted by atomic mass is 9.82. The molecule has 10 heteroatoms. The Morgan fingerprint density at radius 2 is 1.98 bits per heavy atom. The van der Waals surface area contributed by atoms with E-state index in [0.29, 0.717) is 45.3 Å². The number of benzene rings is 1. The fraction of sp³-hybridized carbons (Fsp3) is 0.714. The molecular formula is C35H52N4O6. The van der Waals surface area contributed by atoms with E-state index in [0.717, 1.165) is 49.8 Å². The van der Waals surface area contributed by atoms with Crippen LogP contribution < -0.4 is 15.4 Å². The van der Waals surface area contributed by atoms with Gasteiger partial charge in [-0.05, 0) is 84.8 Å². The third-order valence-corrected chi connectivity index (χ3v) is 9.38. The summed E-state index contributed by atoms with van der Waals surface area (Å²) in [6.45, 7) is 12.6. The Bertz CT molecular complexity index is 1300. The predicted octanol–water partition coefficient (Wildman–Crippen LogP) is 5.97. The number of nitrogens with zero attached hydrogens (tertiary/aromatic N) is 2. The summed E-state index contributed by atoms with van der Waals surface area (Å²) in [6.07, 6.45) is 6.83. The third-order valence-electron chi connectivity index (χ3n) is 9.38. The van der Waals surface area contributed by atoms with Crippen LogP contribution in [-0.4, -0.2) is 64.8 Å². The first-order valence-corrected chi connectivity index (χ1v) is 16.9. The average Bonchev–Trinajstić information content (AvgIpc) is 2.93. The zero-order valence-corrected chi connectivity index (χ0v) is 28.0. The molecule has 10 nitrogen and oxygen atoms in total. The maximum Gasteiger partial charge on any atom is 0.414 e. The first-order chi connectivity index (χ1) is 21.3. The number of guanidine groups is 1. The zero-order valence-electron chi connectivity index (χ0n) is 28.0. The van der Waals surface area contributed by atoms with Crippen LogP contribution in [0.4, 0.5) is 4.79 Å². The molecular weight excluding hydrogens is 572 g/mol. The Morgan fingerprint density at radius 1 is 1.18 bits per heavy atom. The number of carbonyl (C=O) groups is 3. The summed E-state index contributed by atoms with van der Waals surface area (Å²) in [5, 5.41) is 6.18. The molecule has 1 saturated heterocycles. The highest BCUT2D eigenvalue weighted by Crippen LogP contribution is 2.41. The smallest absolute Gasteiger partial charge is 0.414 e. The summed E-state index contributed by atoms with van der Waals surface area (Å²) >= 11 is 0. The molecule has 0 spiro atoms. The van der Waals surface area contributed by atoms with E-state index in [1.807, 2.05) is 26.8 Å². The first kappa shape index (κ1) is 33.2. The van der Waals surface area contributed by atoms with E-state index in [2.05, 4.69) is 43.5 Å². The molecule has 1 fully saturated rings. The van der Waals surface area contributed by atoms with Crippen molar-refractivity contribution in [1.82, 2.24) is 15.5 Å². The van der Waals surface area contributed by atoms with Gasteiger partial charge in [0.15, 0.2) is 0 Å². The second-order valence-electron chi connectivity index (χ2n) is 15.0. The summed E-state index contributed by atoms with van der Waals surface area (Å²) in [4.78, 5) is 47.6. The van der Waals surface area contributed by atoms with Gasteiger partial charge in [-0.15, -0.1) is 0 Å². The number of fused-ring (bicyclic) bond motifs is 7. The molecule has 3 amide bonds. The van der Waals surface area contributed by atoms with Crippen molar-refractivity contribution in [3.63, 3.8) is 0 Å². The fourth-order valence-electron chi connectivity index (χ4n) is 7.46. The summed E-state index contributed by atoms with van der Waals surface area (Å²) in [7, 11) is 0. The van der Waals surface area contributed by atoms with Gasteiger partial charge in [-0.25, -0.2) is 9.79 Å². The highest BCUT2D eigenvalue weighted by molar-refractivity contribution is 6.05. The van der Waals surface area contributed by atoms with Crippen molar-refractivity contribution in [3.8, 4) is 5.75 Å². The number of alkyl carbamates (subject to hydrolysis) is 1. The van der Waals surface area contributed by atoms with Crippen LogP contribution in [0.3, 0.4) is 0 Å². The van der Waals surface area contributed by atoms with Gasteiger partial charge in [-0.1, -0.05) is 31.9 Å². The van der Waals surface area contributed by atoms with Crippen molar-refractivity contribution >= 4 is 23.9 Å². The Kier molecular flexibility index (Phi) is 9.82. The topological polar surface area (TPSA) is 119 Å². The van der Waals surface area contributed by atoms with E-state index in [-0.39, 0.29) is 35.8 Å². The summed E-state index contributed by atoms with van der Waals surface area (Å²) in [6, 6.07) is 5.95. The lowest BCUT2D eigenvalue weighted by Gasteiger charge is -2.45. The standard InChI is InChI=1S/C35H52N4O6/c1-7-16-35-17-9-8-10-23-11-13-28-25(19-23)26(20-34(5,6)44-28)36-29(40)14-12-24-22-43-18-15-27(24)39(30(41)21-35)31(38-35)37-32(42)45-33(2,3)4/h11,13,19,24,26-27H,7-10,12,14-18,20-22H2,1-6H3,(H,36,40)(H,37,38,42)/t24?,26-,27?,35?/m0/s1. The van der Waals surface area contributed by atoms with Gasteiger partial charge in [0.2, 0.25) is 17.8 Å². The van der Waals surface area contributed by atoms with Crippen molar-refractivity contribution in [2.45, 2.75) is 141 Å². The van der Waals surface area contributed by atoms with Gasteiger partial charge >= 0.3 is 6.09 Å². The minimum absolute atomic E-state index is 0.0350. The van der Waals surface area contributed by atoms with Crippen LogP contribution in [0.25, 0.3) is 0 Å². The molecule has 0 saturated carbocycles. The molecule has 0 radical (unpaired) electrons. The Morgan fingerprint density at radius 3 is 2.73 bits per heavy atom. The second kappa shape index (κ2) is 13.3. The second-order valence-corrected chi connectivity index (χ2v) is 15.0. The van der Waals surface area contributed by atoms with Crippen LogP contribution >= 0.6 is 0 Å². The summed E-state index contributed by atoms with van der Waals surface area (Å²) < 4.78 is 17.8. The molecule has 248 valence electrons. The van der Waals surface area contributed by atoms with Crippen LogP contribution in [0.5, 0.6) is 5.75 Å². The molecule has 4 bridgehead atoms. The number of rotatable bonds is 2. The molecule has 6 rings (SSSR count). The van der Waals surface area contributed by atoms with Gasteiger partial charge in [0.25, 0.3) is 0 Å². The normalized spacial score (nSPS) is 28.9. The monoisotopic (exact) mass is 624 g/mol. The zero-order chi connectivity index (χ0) is 32.4. The van der Waals surface area contributed by atoms with Crippen molar-refractivity contribution in [2.24, 2.45) is 10.9 Å². The molecule has 3 unspecified atom stereocenters. The molecule has 1 aromatic rings. The van der Waals surface area contributed by atoms with Gasteiger partial charge in [-0.2, -0.15) is 0 Å². The minimum Gasteiger partial charge on any atom is -0.487 e. The molecule has 5 heterocycles. The number of aliphatic imine (C=N–C) groups is 1. The highest BCUT2D eigenvalue weighted by Gasteiger charge is 2.45. The number of carbonyl (C=O) groups excluding carboxylic acids is 3. The number of hydrogen-bond acceptors (Lipinski definition) is 7. The molecule has 0 aromatic heterocycles. The molecule has 0 aliphatic carbocycles. The maximum atomic E-state index is 14.2. The molecule has 45 heavy (non-hydrogen) atoms. The molecule has 2 N–H and O–H groups in total. The van der Waals surface area contributed by atoms with Gasteiger partial charge in [0.05, 0.1) is 24.6 Å². The van der Waals surface area contributed by atoms with Gasteiger partial charge in [0, 0.05) is 37.0 Å². The largest absolute Gasteiger partial charge is 0.487 e. The van der Waals surface area contributed by atoms with Crippen LogP contribution in [0, 0.1) is 5.92 Å². The van der Waals surface area contributed by atoms with Crippen LogP contribution in [0.2, 0.25) is 0 Å². The van der Waals surface area contributed by atoms with Crippen molar-refractivity contribution in [1.29, 1.82) is 0 Å². The van der Waals surface area contributed by atoms with Gasteiger partial charge in [0.1, 0.15) is 17.0 Å². The van der Waals surface area contributed by atoms with E-state index in [1.54, 1.807) is 4.90 Å². The number of aryl methyl sites for hydroxylation is 1. The Balaban J connectivity index is 1.50. The Labute approximate surface area is 268 Å². The first-order valence-electron chi connectivity index (χ1n) is 16.9. The van der Waals surface area contributed by atoms with Gasteiger partial charge < -0.3 is 19.5 Å². The van der Waals surface area contributed by atoms with Crippen LogP contribution in [-0.2, 0) is 25.5 Å². The highest BCUT2D eigenvalue weighted by atomic mass is 16.6. The maximum absolute atomic E-state index is 14.2. The van der Waals surface area contributed by atoms with Crippen LogP contribution in [0.1, 0.15) is 123 Å². The lowest BCUT2D eigenvalue weighted by Crippen LogP contribution is -2.61. The molecule has 4 atom stereocenters. The van der Waals surface area contributed by atoms with E-state index in [9.17, 15) is 14.4 Å². The Hall–Kier alpha value is -3.14. The minimum atomic E-state index is -0.702. The summed E-state index contributed by atoms with van der Waals surface area (Å²) in [5.74, 6) is 0.923. The van der Waals surface area contributed by atoms with Crippen molar-refractivity contribution in [2.75, 3.05) is 13.2 Å². The molecule has 5 aliphatic heterocycles. The fourth-order valence-corrected chi connectivity index (χ4v) is 7.46. The third kappa shape index (κ3) is 8.18. The molecule has 1 aromatic carbocycles. The van der Waals surface area contributed by atoms with E-state index >= 15 is 0 Å². The molecule has 5 aliphatic rings. The van der Waals surface area contributed by atoms with E-state index < -0.39 is 22.8 Å². The van der Waals surface area contributed by atoms with Gasteiger partial charge in [-0.3, -0.25) is 19.8 Å². The predicted molar refractivity (Wildman–Crippen MR) is 172 cm³/mol. The quantitative estimate of drug-likeness (QED) is 0.419. The number of amides is 3. The lowest BCUT2D eigenvalue weighted by molar-refractivity contribution is -0.135. The van der Waals surface area contributed by atoms with Crippen LogP contribution in [0.15, 0.2) is 23.2 Å². The summed E-state index contributed by atoms with van der Waals surface area (Å²) in [5.41, 5.74) is 0.542. The number of hydrogen-bond donors (Lipinski definition) is 2.